The zero-order valence-electron chi connectivity index (χ0n) is 18.7. The molecule has 150 valence electrons. The van der Waals surface area contributed by atoms with Crippen molar-refractivity contribution in [3.8, 4) is 0 Å². The molecule has 0 saturated carbocycles. The average Bonchev–Trinajstić information content (AvgIpc) is 2.41. The van der Waals surface area contributed by atoms with Gasteiger partial charge in [0.05, 0.1) is 12.2 Å². The predicted molar refractivity (Wildman–Crippen MR) is 107 cm³/mol. The fourth-order valence-corrected chi connectivity index (χ4v) is 4.84. The van der Waals surface area contributed by atoms with Crippen LogP contribution in [0.3, 0.4) is 0 Å². The molecule has 0 aromatic heterocycles. The predicted octanol–water partition coefficient (Wildman–Crippen LogP) is 4.23. The van der Waals surface area contributed by atoms with Crippen molar-refractivity contribution >= 4 is 0 Å². The SMILES string of the molecule is COC1CC(C)(C)N(C)C(C)(C)C1.COC1CC(C)(C)NC(C)(C)C1. The van der Waals surface area contributed by atoms with E-state index in [9.17, 15) is 0 Å². The Hall–Kier alpha value is -0.160. The summed E-state index contributed by atoms with van der Waals surface area (Å²) >= 11 is 0. The lowest BCUT2D eigenvalue weighted by molar-refractivity contribution is -0.0783. The molecule has 0 aromatic rings. The Labute approximate surface area is 157 Å². The van der Waals surface area contributed by atoms with Crippen LogP contribution in [-0.4, -0.2) is 60.5 Å². The van der Waals surface area contributed by atoms with Crippen LogP contribution in [0.15, 0.2) is 0 Å². The summed E-state index contributed by atoms with van der Waals surface area (Å²) in [6.45, 7) is 18.1. The van der Waals surface area contributed by atoms with E-state index in [4.69, 9.17) is 9.47 Å². The number of hydrogen-bond donors (Lipinski definition) is 1. The largest absolute Gasteiger partial charge is 0.381 e. The summed E-state index contributed by atoms with van der Waals surface area (Å²) in [7, 11) is 5.84. The first-order chi connectivity index (χ1) is 11.1. The molecule has 0 amide bonds. The fourth-order valence-electron chi connectivity index (χ4n) is 4.84. The van der Waals surface area contributed by atoms with Crippen LogP contribution < -0.4 is 5.32 Å². The Bertz CT molecular complexity index is 396. The van der Waals surface area contributed by atoms with Gasteiger partial charge in [-0.2, -0.15) is 0 Å². The standard InChI is InChI=1S/C11H23NO.C10H21NO/c1-10(2)7-9(13-6)8-11(3,4)12(10)5;1-9(2)6-8(12-5)7-10(3,4)11-9/h9H,7-8H2,1-6H3;8,11H,6-7H2,1-5H3. The molecule has 2 heterocycles. The lowest BCUT2D eigenvalue weighted by Crippen LogP contribution is -2.60. The Morgan fingerprint density at radius 2 is 1.00 bits per heavy atom. The summed E-state index contributed by atoms with van der Waals surface area (Å²) in [5.41, 5.74) is 0.926. The number of methoxy groups -OCH3 is 2. The van der Waals surface area contributed by atoms with Gasteiger partial charge in [0, 0.05) is 36.4 Å². The first kappa shape index (κ1) is 22.9. The van der Waals surface area contributed by atoms with Crippen LogP contribution in [0.5, 0.6) is 0 Å². The van der Waals surface area contributed by atoms with Crippen LogP contribution in [0.4, 0.5) is 0 Å². The van der Waals surface area contributed by atoms with Crippen LogP contribution in [-0.2, 0) is 9.47 Å². The van der Waals surface area contributed by atoms with Crippen molar-refractivity contribution in [2.45, 2.75) is 115 Å². The smallest absolute Gasteiger partial charge is 0.0606 e. The molecule has 0 radical (unpaired) electrons. The van der Waals surface area contributed by atoms with Crippen LogP contribution in [0.1, 0.15) is 81.1 Å². The molecule has 2 aliphatic rings. The van der Waals surface area contributed by atoms with E-state index in [2.05, 4.69) is 72.7 Å². The first-order valence-corrected chi connectivity index (χ1v) is 9.73. The van der Waals surface area contributed by atoms with Gasteiger partial charge in [-0.3, -0.25) is 4.90 Å². The van der Waals surface area contributed by atoms with Gasteiger partial charge in [-0.25, -0.2) is 0 Å². The van der Waals surface area contributed by atoms with Crippen LogP contribution >= 0.6 is 0 Å². The number of nitrogens with one attached hydrogen (secondary N) is 1. The topological polar surface area (TPSA) is 33.7 Å². The molecule has 4 nitrogen and oxygen atoms in total. The molecule has 25 heavy (non-hydrogen) atoms. The maximum absolute atomic E-state index is 5.48. The highest BCUT2D eigenvalue weighted by molar-refractivity contribution is 4.99. The van der Waals surface area contributed by atoms with Crippen molar-refractivity contribution in [2.75, 3.05) is 21.3 Å². The van der Waals surface area contributed by atoms with Gasteiger partial charge in [0.15, 0.2) is 0 Å². The Balaban J connectivity index is 0.000000251. The van der Waals surface area contributed by atoms with Gasteiger partial charge in [0.25, 0.3) is 0 Å². The maximum Gasteiger partial charge on any atom is 0.0606 e. The van der Waals surface area contributed by atoms with Crippen molar-refractivity contribution < 1.29 is 9.47 Å². The van der Waals surface area contributed by atoms with Gasteiger partial charge in [-0.1, -0.05) is 0 Å². The van der Waals surface area contributed by atoms with Crippen molar-refractivity contribution in [1.82, 2.24) is 10.2 Å². The zero-order valence-corrected chi connectivity index (χ0v) is 18.7. The van der Waals surface area contributed by atoms with Crippen LogP contribution in [0.25, 0.3) is 0 Å². The first-order valence-electron chi connectivity index (χ1n) is 9.73. The molecule has 0 bridgehead atoms. The van der Waals surface area contributed by atoms with Gasteiger partial charge in [-0.15, -0.1) is 0 Å². The quantitative estimate of drug-likeness (QED) is 0.803. The van der Waals surface area contributed by atoms with Crippen molar-refractivity contribution in [2.24, 2.45) is 0 Å². The minimum absolute atomic E-state index is 0.211. The minimum Gasteiger partial charge on any atom is -0.381 e. The Kier molecular flexibility index (Phi) is 7.17. The van der Waals surface area contributed by atoms with E-state index in [1.165, 1.54) is 0 Å². The van der Waals surface area contributed by atoms with Crippen molar-refractivity contribution in [3.63, 3.8) is 0 Å². The van der Waals surface area contributed by atoms with Crippen molar-refractivity contribution in [3.05, 3.63) is 0 Å². The van der Waals surface area contributed by atoms with E-state index >= 15 is 0 Å². The van der Waals surface area contributed by atoms with E-state index in [0.717, 1.165) is 25.7 Å². The average molecular weight is 357 g/mol. The maximum atomic E-state index is 5.48. The molecule has 4 heteroatoms. The molecule has 0 spiro atoms. The van der Waals surface area contributed by atoms with Crippen LogP contribution in [0.2, 0.25) is 0 Å². The summed E-state index contributed by atoms with van der Waals surface area (Å²) in [6, 6.07) is 0. The molecule has 2 rings (SSSR count). The lowest BCUT2D eigenvalue weighted by Gasteiger charge is -2.53. The summed E-state index contributed by atoms with van der Waals surface area (Å²) in [5, 5.41) is 3.62. The number of nitrogens with zero attached hydrogens (tertiary/aromatic N) is 1. The molecular formula is C21H44N2O2. The summed E-state index contributed by atoms with van der Waals surface area (Å²) in [4.78, 5) is 2.47. The van der Waals surface area contributed by atoms with Crippen LogP contribution in [0, 0.1) is 0 Å². The Morgan fingerprint density at radius 3 is 1.32 bits per heavy atom. The highest BCUT2D eigenvalue weighted by Gasteiger charge is 2.43. The Morgan fingerprint density at radius 1 is 0.680 bits per heavy atom. The minimum atomic E-state index is 0.211. The molecule has 1 N–H and O–H groups in total. The van der Waals surface area contributed by atoms with E-state index in [1.807, 2.05) is 14.2 Å². The summed E-state index contributed by atoms with van der Waals surface area (Å²) in [6.07, 6.45) is 5.30. The second kappa shape index (κ2) is 7.84. The number of ether oxygens (including phenoxy) is 2. The number of likely N-dealkylation sites (tertiary alicyclic amines) is 1. The third-order valence-electron chi connectivity index (χ3n) is 6.09. The van der Waals surface area contributed by atoms with Gasteiger partial charge < -0.3 is 14.8 Å². The van der Waals surface area contributed by atoms with Gasteiger partial charge in [0.1, 0.15) is 0 Å². The highest BCUT2D eigenvalue weighted by Crippen LogP contribution is 2.37. The van der Waals surface area contributed by atoms with Gasteiger partial charge in [-0.05, 0) is 88.1 Å². The highest BCUT2D eigenvalue weighted by atomic mass is 16.5. The van der Waals surface area contributed by atoms with Gasteiger partial charge >= 0.3 is 0 Å². The summed E-state index contributed by atoms with van der Waals surface area (Å²) in [5.74, 6) is 0. The van der Waals surface area contributed by atoms with E-state index in [0.29, 0.717) is 12.2 Å². The molecule has 2 saturated heterocycles. The molecular weight excluding hydrogens is 312 g/mol. The number of hydrogen-bond acceptors (Lipinski definition) is 4. The van der Waals surface area contributed by atoms with E-state index in [-0.39, 0.29) is 22.2 Å². The number of rotatable bonds is 2. The molecule has 0 atom stereocenters. The second-order valence-corrected chi connectivity index (χ2v) is 10.6. The second-order valence-electron chi connectivity index (χ2n) is 10.6. The lowest BCUT2D eigenvalue weighted by atomic mass is 9.79. The molecule has 0 aromatic carbocycles. The van der Waals surface area contributed by atoms with Gasteiger partial charge in [0.2, 0.25) is 0 Å². The third kappa shape index (κ3) is 6.50. The molecule has 0 unspecified atom stereocenters. The summed E-state index contributed by atoms with van der Waals surface area (Å²) < 4.78 is 10.9. The zero-order chi connectivity index (χ0) is 19.7. The van der Waals surface area contributed by atoms with E-state index < -0.39 is 0 Å². The molecule has 2 fully saturated rings. The molecule has 0 aliphatic carbocycles. The van der Waals surface area contributed by atoms with Crippen molar-refractivity contribution in [1.29, 1.82) is 0 Å². The molecule has 2 aliphatic heterocycles. The normalized spacial score (nSPS) is 28.9. The number of piperidine rings is 2. The fraction of sp³-hybridized carbons (Fsp3) is 1.00. The third-order valence-corrected chi connectivity index (χ3v) is 6.09. The van der Waals surface area contributed by atoms with E-state index in [1.54, 1.807) is 0 Å². The monoisotopic (exact) mass is 356 g/mol.